The van der Waals surface area contributed by atoms with Crippen molar-refractivity contribution in [3.05, 3.63) is 36.2 Å². The molecule has 2 heterocycles. The van der Waals surface area contributed by atoms with Gasteiger partial charge in [-0.1, -0.05) is 6.07 Å². The van der Waals surface area contributed by atoms with Gasteiger partial charge in [-0.15, -0.1) is 0 Å². The number of nitriles is 1. The number of alkyl halides is 5. The standard InChI is InChI=1S/C18H14F5N7/c19-17(20)6-10(7-17)27-15-12(18(21,22)23)9-25-16(29-15)28-13-2-1-3-14-11(13)8-26-30(14)5-4-24/h1-3,8-10H,5-7H2,(H2,25,27,28,29). The molecular weight excluding hydrogens is 409 g/mol. The smallest absolute Gasteiger partial charge is 0.366 e. The maximum atomic E-state index is 13.3. The average Bonchev–Trinajstić information content (AvgIpc) is 3.04. The first-order valence-electron chi connectivity index (χ1n) is 8.83. The van der Waals surface area contributed by atoms with Crippen LogP contribution >= 0.6 is 0 Å². The number of aromatic nitrogens is 4. The Morgan fingerprint density at radius 1 is 1.23 bits per heavy atom. The van der Waals surface area contributed by atoms with Crippen LogP contribution in [0.3, 0.4) is 0 Å². The van der Waals surface area contributed by atoms with E-state index >= 15 is 0 Å². The molecule has 1 aromatic carbocycles. The molecule has 7 nitrogen and oxygen atoms in total. The van der Waals surface area contributed by atoms with E-state index < -0.39 is 42.4 Å². The van der Waals surface area contributed by atoms with Crippen molar-refractivity contribution >= 4 is 28.4 Å². The average molecular weight is 423 g/mol. The highest BCUT2D eigenvalue weighted by Gasteiger charge is 2.46. The first-order valence-corrected chi connectivity index (χ1v) is 8.83. The van der Waals surface area contributed by atoms with Gasteiger partial charge in [0.2, 0.25) is 5.95 Å². The molecule has 2 N–H and O–H groups in total. The van der Waals surface area contributed by atoms with Crippen LogP contribution in [-0.4, -0.2) is 31.7 Å². The van der Waals surface area contributed by atoms with E-state index in [0.717, 1.165) is 0 Å². The number of fused-ring (bicyclic) bond motifs is 1. The van der Waals surface area contributed by atoms with E-state index in [2.05, 4.69) is 25.7 Å². The van der Waals surface area contributed by atoms with Gasteiger partial charge >= 0.3 is 6.18 Å². The Balaban J connectivity index is 1.64. The number of halogens is 5. The van der Waals surface area contributed by atoms with Crippen molar-refractivity contribution in [3.8, 4) is 6.07 Å². The minimum Gasteiger partial charge on any atom is -0.366 e. The van der Waals surface area contributed by atoms with E-state index in [1.807, 2.05) is 6.07 Å². The lowest BCUT2D eigenvalue weighted by molar-refractivity contribution is -0.137. The number of nitrogens with zero attached hydrogens (tertiary/aromatic N) is 5. The molecule has 4 rings (SSSR count). The van der Waals surface area contributed by atoms with Crippen LogP contribution in [0.25, 0.3) is 10.9 Å². The molecule has 156 valence electrons. The minimum atomic E-state index is -4.74. The van der Waals surface area contributed by atoms with Gasteiger partial charge in [-0.25, -0.2) is 13.8 Å². The van der Waals surface area contributed by atoms with Crippen molar-refractivity contribution in [3.63, 3.8) is 0 Å². The SMILES string of the molecule is N#CCn1ncc2c(Nc3ncc(C(F)(F)F)c(NC4CC(F)(F)C4)n3)cccc21. The highest BCUT2D eigenvalue weighted by atomic mass is 19.4. The summed E-state index contributed by atoms with van der Waals surface area (Å²) in [6.45, 7) is 0.0316. The van der Waals surface area contributed by atoms with Gasteiger partial charge in [0.15, 0.2) is 0 Å². The Morgan fingerprint density at radius 3 is 2.67 bits per heavy atom. The minimum absolute atomic E-state index is 0.0316. The molecule has 3 aromatic rings. The van der Waals surface area contributed by atoms with Crippen LogP contribution in [0.5, 0.6) is 0 Å². The molecular formula is C18H14F5N7. The number of rotatable bonds is 5. The molecule has 1 aliphatic carbocycles. The van der Waals surface area contributed by atoms with Gasteiger partial charge in [-0.05, 0) is 12.1 Å². The molecule has 2 aromatic heterocycles. The third kappa shape index (κ3) is 3.83. The molecule has 1 saturated carbocycles. The van der Waals surface area contributed by atoms with Crippen LogP contribution in [0.15, 0.2) is 30.6 Å². The molecule has 0 aliphatic heterocycles. The summed E-state index contributed by atoms with van der Waals surface area (Å²) in [4.78, 5) is 7.60. The van der Waals surface area contributed by atoms with E-state index in [1.54, 1.807) is 18.2 Å². The van der Waals surface area contributed by atoms with E-state index in [4.69, 9.17) is 5.26 Å². The van der Waals surface area contributed by atoms with Gasteiger partial charge in [0.05, 0.1) is 23.5 Å². The van der Waals surface area contributed by atoms with Crippen LogP contribution in [-0.2, 0) is 12.7 Å². The van der Waals surface area contributed by atoms with Crippen LogP contribution in [0, 0.1) is 11.3 Å². The molecule has 1 fully saturated rings. The zero-order chi connectivity index (χ0) is 21.5. The van der Waals surface area contributed by atoms with Crippen molar-refractivity contribution in [2.45, 2.75) is 37.5 Å². The van der Waals surface area contributed by atoms with E-state index in [-0.39, 0.29) is 12.5 Å². The number of hydrogen-bond donors (Lipinski definition) is 2. The quantitative estimate of drug-likeness (QED) is 0.594. The van der Waals surface area contributed by atoms with Crippen LogP contribution in [0.1, 0.15) is 18.4 Å². The van der Waals surface area contributed by atoms with Crippen LogP contribution < -0.4 is 10.6 Å². The van der Waals surface area contributed by atoms with Crippen molar-refractivity contribution in [2.24, 2.45) is 0 Å². The van der Waals surface area contributed by atoms with E-state index in [9.17, 15) is 22.0 Å². The van der Waals surface area contributed by atoms with Gasteiger partial charge < -0.3 is 10.6 Å². The molecule has 1 aliphatic rings. The normalized spacial score (nSPS) is 16.1. The Kier molecular flexibility index (Phi) is 4.68. The fraction of sp³-hybridized carbons (Fsp3) is 0.333. The molecule has 0 amide bonds. The zero-order valence-electron chi connectivity index (χ0n) is 15.2. The molecule has 0 radical (unpaired) electrons. The number of hydrogen-bond acceptors (Lipinski definition) is 6. The van der Waals surface area contributed by atoms with Crippen LogP contribution in [0.2, 0.25) is 0 Å². The highest BCUT2D eigenvalue weighted by Crippen LogP contribution is 2.41. The first kappa shape index (κ1) is 19.8. The Morgan fingerprint density at radius 2 is 2.00 bits per heavy atom. The molecule has 0 unspecified atom stereocenters. The van der Waals surface area contributed by atoms with Crippen LogP contribution in [0.4, 0.5) is 39.4 Å². The first-order chi connectivity index (χ1) is 14.2. The third-order valence-electron chi connectivity index (χ3n) is 4.68. The monoisotopic (exact) mass is 423 g/mol. The Hall–Kier alpha value is -3.49. The molecule has 30 heavy (non-hydrogen) atoms. The van der Waals surface area contributed by atoms with Gasteiger partial charge in [0, 0.05) is 30.5 Å². The summed E-state index contributed by atoms with van der Waals surface area (Å²) in [6.07, 6.45) is -3.75. The summed E-state index contributed by atoms with van der Waals surface area (Å²) in [7, 11) is 0. The number of nitrogens with one attached hydrogen (secondary N) is 2. The van der Waals surface area contributed by atoms with E-state index in [1.165, 1.54) is 10.9 Å². The fourth-order valence-corrected chi connectivity index (χ4v) is 3.24. The molecule has 0 bridgehead atoms. The fourth-order valence-electron chi connectivity index (χ4n) is 3.24. The highest BCUT2D eigenvalue weighted by molar-refractivity contribution is 5.92. The maximum absolute atomic E-state index is 13.3. The Bertz CT molecular complexity index is 1120. The summed E-state index contributed by atoms with van der Waals surface area (Å²) in [5, 5.41) is 18.9. The topological polar surface area (TPSA) is 91.5 Å². The number of anilines is 3. The third-order valence-corrected chi connectivity index (χ3v) is 4.68. The summed E-state index contributed by atoms with van der Waals surface area (Å²) in [5.74, 6) is -3.59. The second-order valence-electron chi connectivity index (χ2n) is 6.88. The molecule has 0 saturated heterocycles. The zero-order valence-corrected chi connectivity index (χ0v) is 15.2. The van der Waals surface area contributed by atoms with Gasteiger partial charge in [-0.3, -0.25) is 4.68 Å². The molecule has 0 atom stereocenters. The lowest BCUT2D eigenvalue weighted by Gasteiger charge is -2.36. The van der Waals surface area contributed by atoms with E-state index in [0.29, 0.717) is 22.8 Å². The Labute approximate surface area is 166 Å². The summed E-state index contributed by atoms with van der Waals surface area (Å²) < 4.78 is 67.5. The summed E-state index contributed by atoms with van der Waals surface area (Å²) in [6, 6.07) is 6.25. The van der Waals surface area contributed by atoms with Crippen molar-refractivity contribution in [1.82, 2.24) is 19.7 Å². The van der Waals surface area contributed by atoms with Gasteiger partial charge in [0.25, 0.3) is 5.92 Å². The van der Waals surface area contributed by atoms with Gasteiger partial charge in [0.1, 0.15) is 17.9 Å². The summed E-state index contributed by atoms with van der Waals surface area (Å²) >= 11 is 0. The lowest BCUT2D eigenvalue weighted by Crippen LogP contribution is -2.44. The second kappa shape index (κ2) is 7.08. The molecule has 0 spiro atoms. The predicted octanol–water partition coefficient (Wildman–Crippen LogP) is 4.32. The van der Waals surface area contributed by atoms with Gasteiger partial charge in [-0.2, -0.15) is 28.5 Å². The second-order valence-corrected chi connectivity index (χ2v) is 6.88. The molecule has 12 heteroatoms. The maximum Gasteiger partial charge on any atom is 0.421 e. The van der Waals surface area contributed by atoms with Crippen molar-refractivity contribution in [2.75, 3.05) is 10.6 Å². The van der Waals surface area contributed by atoms with Crippen molar-refractivity contribution < 1.29 is 22.0 Å². The lowest BCUT2D eigenvalue weighted by atomic mass is 9.88. The number of benzene rings is 1. The predicted molar refractivity (Wildman–Crippen MR) is 97.3 cm³/mol. The largest absolute Gasteiger partial charge is 0.421 e. The van der Waals surface area contributed by atoms with Crippen molar-refractivity contribution in [1.29, 1.82) is 5.26 Å². The summed E-state index contributed by atoms with van der Waals surface area (Å²) in [5.41, 5.74) is -0.0237.